The first-order valence-electron chi connectivity index (χ1n) is 6.75. The summed E-state index contributed by atoms with van der Waals surface area (Å²) < 4.78 is 0. The molecule has 104 valence electrons. The first-order chi connectivity index (χ1) is 9.74. The smallest absolute Gasteiger partial charge is 0.251 e. The fourth-order valence-corrected chi connectivity index (χ4v) is 3.23. The molecule has 0 atom stereocenters. The van der Waals surface area contributed by atoms with Crippen molar-refractivity contribution in [1.82, 2.24) is 15.6 Å². The van der Waals surface area contributed by atoms with Gasteiger partial charge in [0, 0.05) is 23.2 Å². The van der Waals surface area contributed by atoms with Crippen LogP contribution >= 0.6 is 11.3 Å². The van der Waals surface area contributed by atoms with Crippen LogP contribution in [0, 0.1) is 6.92 Å². The maximum Gasteiger partial charge on any atom is 0.251 e. The van der Waals surface area contributed by atoms with Crippen molar-refractivity contribution < 1.29 is 4.79 Å². The average molecular weight is 287 g/mol. The second-order valence-electron chi connectivity index (χ2n) is 4.90. The number of nitrogens with one attached hydrogen (secondary N) is 2. The number of rotatable bonds is 3. The first-order valence-corrected chi connectivity index (χ1v) is 7.56. The van der Waals surface area contributed by atoms with Crippen molar-refractivity contribution in [2.75, 3.05) is 6.54 Å². The number of amides is 1. The minimum absolute atomic E-state index is 0.00908. The SMILES string of the molecule is Cc1ncc(CNC(=O)c2cccc3c2CCNC3)s1. The van der Waals surface area contributed by atoms with E-state index in [1.165, 1.54) is 11.1 Å². The van der Waals surface area contributed by atoms with Crippen molar-refractivity contribution in [3.8, 4) is 0 Å². The molecular formula is C15H17N3OS. The lowest BCUT2D eigenvalue weighted by atomic mass is 9.95. The lowest BCUT2D eigenvalue weighted by Crippen LogP contribution is -2.29. The van der Waals surface area contributed by atoms with Crippen LogP contribution in [-0.4, -0.2) is 17.4 Å². The molecule has 0 saturated carbocycles. The zero-order valence-corrected chi connectivity index (χ0v) is 12.2. The van der Waals surface area contributed by atoms with Crippen molar-refractivity contribution in [2.24, 2.45) is 0 Å². The molecule has 1 aromatic carbocycles. The number of fused-ring (bicyclic) bond motifs is 1. The summed E-state index contributed by atoms with van der Waals surface area (Å²) in [6.45, 7) is 4.30. The number of hydrogen-bond donors (Lipinski definition) is 2. The number of benzene rings is 1. The standard InChI is InChI=1S/C15H17N3OS/c1-10-17-8-12(20-10)9-18-15(19)14-4-2-3-11-7-16-6-5-13(11)14/h2-4,8,16H,5-7,9H2,1H3,(H,18,19). The van der Waals surface area contributed by atoms with Gasteiger partial charge in [0.25, 0.3) is 5.91 Å². The summed E-state index contributed by atoms with van der Waals surface area (Å²) >= 11 is 1.62. The van der Waals surface area contributed by atoms with E-state index in [9.17, 15) is 4.79 Å². The summed E-state index contributed by atoms with van der Waals surface area (Å²) in [5.41, 5.74) is 3.23. The van der Waals surface area contributed by atoms with Gasteiger partial charge in [0.1, 0.15) is 0 Å². The third-order valence-corrected chi connectivity index (χ3v) is 4.39. The van der Waals surface area contributed by atoms with Gasteiger partial charge in [-0.25, -0.2) is 4.98 Å². The first kappa shape index (κ1) is 13.3. The van der Waals surface area contributed by atoms with E-state index in [1.807, 2.05) is 25.3 Å². The van der Waals surface area contributed by atoms with Gasteiger partial charge in [-0.3, -0.25) is 4.79 Å². The van der Waals surface area contributed by atoms with Gasteiger partial charge in [0.05, 0.1) is 11.6 Å². The third kappa shape index (κ3) is 2.73. The maximum absolute atomic E-state index is 12.3. The molecule has 1 aliphatic heterocycles. The van der Waals surface area contributed by atoms with E-state index in [-0.39, 0.29) is 5.91 Å². The Morgan fingerprint density at radius 3 is 3.20 bits per heavy atom. The molecule has 3 rings (SSSR count). The molecule has 5 heteroatoms. The Balaban J connectivity index is 1.74. The molecule has 0 unspecified atom stereocenters. The minimum Gasteiger partial charge on any atom is -0.347 e. The Hall–Kier alpha value is -1.72. The van der Waals surface area contributed by atoms with Crippen LogP contribution in [-0.2, 0) is 19.5 Å². The van der Waals surface area contributed by atoms with Crippen molar-refractivity contribution in [3.05, 3.63) is 51.0 Å². The zero-order chi connectivity index (χ0) is 13.9. The number of carbonyl (C=O) groups excluding carboxylic acids is 1. The zero-order valence-electron chi connectivity index (χ0n) is 11.4. The average Bonchev–Trinajstić information content (AvgIpc) is 2.90. The summed E-state index contributed by atoms with van der Waals surface area (Å²) in [6.07, 6.45) is 2.74. The maximum atomic E-state index is 12.3. The van der Waals surface area contributed by atoms with E-state index in [4.69, 9.17) is 0 Å². The molecule has 1 amide bonds. The summed E-state index contributed by atoms with van der Waals surface area (Å²) in [7, 11) is 0. The molecule has 0 fully saturated rings. The highest BCUT2D eigenvalue weighted by molar-refractivity contribution is 7.11. The fourth-order valence-electron chi connectivity index (χ4n) is 2.49. The molecule has 2 aromatic rings. The third-order valence-electron chi connectivity index (χ3n) is 3.48. The monoisotopic (exact) mass is 287 g/mol. The van der Waals surface area contributed by atoms with E-state index in [2.05, 4.69) is 21.7 Å². The molecule has 0 bridgehead atoms. The highest BCUT2D eigenvalue weighted by atomic mass is 32.1. The quantitative estimate of drug-likeness (QED) is 0.908. The minimum atomic E-state index is 0.00908. The summed E-state index contributed by atoms with van der Waals surface area (Å²) in [5, 5.41) is 7.34. The lowest BCUT2D eigenvalue weighted by Gasteiger charge is -2.19. The van der Waals surface area contributed by atoms with Crippen LogP contribution in [0.1, 0.15) is 31.4 Å². The number of hydrogen-bond acceptors (Lipinski definition) is 4. The van der Waals surface area contributed by atoms with Gasteiger partial charge in [-0.05, 0) is 37.1 Å². The molecule has 1 aromatic heterocycles. The molecule has 4 nitrogen and oxygen atoms in total. The molecule has 2 N–H and O–H groups in total. The Morgan fingerprint density at radius 2 is 2.40 bits per heavy atom. The van der Waals surface area contributed by atoms with Crippen LogP contribution in [0.5, 0.6) is 0 Å². The van der Waals surface area contributed by atoms with Gasteiger partial charge < -0.3 is 10.6 Å². The van der Waals surface area contributed by atoms with E-state index >= 15 is 0 Å². The number of aromatic nitrogens is 1. The second kappa shape index (κ2) is 5.73. The molecule has 0 radical (unpaired) electrons. The van der Waals surface area contributed by atoms with Gasteiger partial charge in [0.2, 0.25) is 0 Å². The molecule has 1 aliphatic rings. The van der Waals surface area contributed by atoms with Gasteiger partial charge in [-0.2, -0.15) is 0 Å². The van der Waals surface area contributed by atoms with E-state index in [0.29, 0.717) is 6.54 Å². The van der Waals surface area contributed by atoms with Crippen LogP contribution in [0.3, 0.4) is 0 Å². The van der Waals surface area contributed by atoms with Crippen molar-refractivity contribution in [1.29, 1.82) is 0 Å². The van der Waals surface area contributed by atoms with Crippen molar-refractivity contribution in [2.45, 2.75) is 26.4 Å². The van der Waals surface area contributed by atoms with Crippen molar-refractivity contribution in [3.63, 3.8) is 0 Å². The fraction of sp³-hybridized carbons (Fsp3) is 0.333. The number of aryl methyl sites for hydroxylation is 1. The van der Waals surface area contributed by atoms with E-state index in [0.717, 1.165) is 35.0 Å². The van der Waals surface area contributed by atoms with E-state index < -0.39 is 0 Å². The number of carbonyl (C=O) groups is 1. The lowest BCUT2D eigenvalue weighted by molar-refractivity contribution is 0.0950. The summed E-state index contributed by atoms with van der Waals surface area (Å²) in [6, 6.07) is 5.96. The number of thiazole rings is 1. The summed E-state index contributed by atoms with van der Waals surface area (Å²) in [5.74, 6) is 0.00908. The van der Waals surface area contributed by atoms with Gasteiger partial charge >= 0.3 is 0 Å². The molecule has 0 spiro atoms. The van der Waals surface area contributed by atoms with E-state index in [1.54, 1.807) is 11.3 Å². The van der Waals surface area contributed by atoms with Gasteiger partial charge in [-0.1, -0.05) is 12.1 Å². The van der Waals surface area contributed by atoms with Gasteiger partial charge in [0.15, 0.2) is 0 Å². The normalized spacial score (nSPS) is 13.8. The largest absolute Gasteiger partial charge is 0.347 e. The predicted octanol–water partition coefficient (Wildman–Crippen LogP) is 2.03. The topological polar surface area (TPSA) is 54.0 Å². The van der Waals surface area contributed by atoms with Crippen LogP contribution in [0.15, 0.2) is 24.4 Å². The molecule has 2 heterocycles. The molecule has 0 saturated heterocycles. The second-order valence-corrected chi connectivity index (χ2v) is 6.22. The Morgan fingerprint density at radius 1 is 1.50 bits per heavy atom. The van der Waals surface area contributed by atoms with Crippen molar-refractivity contribution >= 4 is 17.2 Å². The van der Waals surface area contributed by atoms with Crippen LogP contribution < -0.4 is 10.6 Å². The summed E-state index contributed by atoms with van der Waals surface area (Å²) in [4.78, 5) is 17.6. The Bertz CT molecular complexity index is 636. The Labute approximate surface area is 122 Å². The number of nitrogens with zero attached hydrogens (tertiary/aromatic N) is 1. The highest BCUT2D eigenvalue weighted by Gasteiger charge is 2.17. The highest BCUT2D eigenvalue weighted by Crippen LogP contribution is 2.19. The molecule has 0 aliphatic carbocycles. The molecular weight excluding hydrogens is 270 g/mol. The van der Waals surface area contributed by atoms with Crippen LogP contribution in [0.2, 0.25) is 0 Å². The Kier molecular flexibility index (Phi) is 3.80. The van der Waals surface area contributed by atoms with Crippen LogP contribution in [0.25, 0.3) is 0 Å². The van der Waals surface area contributed by atoms with Gasteiger partial charge in [-0.15, -0.1) is 11.3 Å². The molecule has 20 heavy (non-hydrogen) atoms. The van der Waals surface area contributed by atoms with Crippen LogP contribution in [0.4, 0.5) is 0 Å². The predicted molar refractivity (Wildman–Crippen MR) is 79.9 cm³/mol.